The highest BCUT2D eigenvalue weighted by Gasteiger charge is 2.21. The second kappa shape index (κ2) is 8.18. The number of para-hydroxylation sites is 1. The Hall–Kier alpha value is -1.55. The molecule has 2 rings (SSSR count). The fourth-order valence-electron chi connectivity index (χ4n) is 3.41. The molecule has 0 bridgehead atoms. The van der Waals surface area contributed by atoms with Gasteiger partial charge in [0.05, 0.1) is 12.7 Å². The van der Waals surface area contributed by atoms with Crippen LogP contribution in [0.15, 0.2) is 24.3 Å². The van der Waals surface area contributed by atoms with Crippen molar-refractivity contribution >= 4 is 5.91 Å². The molecule has 1 amide bonds. The number of likely N-dealkylation sites (tertiary alicyclic amines) is 1. The Morgan fingerprint density at radius 2 is 1.95 bits per heavy atom. The minimum absolute atomic E-state index is 0.0576. The van der Waals surface area contributed by atoms with Crippen LogP contribution >= 0.6 is 0 Å². The maximum Gasteiger partial charge on any atom is 0.255 e. The largest absolute Gasteiger partial charge is 0.496 e. The summed E-state index contributed by atoms with van der Waals surface area (Å²) in [5.41, 5.74) is 0.602. The van der Waals surface area contributed by atoms with Crippen molar-refractivity contribution in [3.8, 4) is 5.75 Å². The number of methoxy groups -OCH3 is 1. The summed E-state index contributed by atoms with van der Waals surface area (Å²) < 4.78 is 5.22. The minimum atomic E-state index is -0.0576. The van der Waals surface area contributed by atoms with Gasteiger partial charge in [-0.25, -0.2) is 0 Å². The molecule has 0 aromatic heterocycles. The summed E-state index contributed by atoms with van der Waals surface area (Å²) in [5.74, 6) is 2.13. The number of hydrogen-bond donors (Lipinski definition) is 1. The van der Waals surface area contributed by atoms with E-state index in [1.807, 2.05) is 18.2 Å². The SMILES string of the molecule is COc1ccccc1C(=O)NCCCN1C[C@H](C)C[C@@H](C)C1. The van der Waals surface area contributed by atoms with Crippen molar-refractivity contribution in [2.45, 2.75) is 26.7 Å². The van der Waals surface area contributed by atoms with E-state index in [9.17, 15) is 4.79 Å². The number of benzene rings is 1. The van der Waals surface area contributed by atoms with E-state index in [1.54, 1.807) is 13.2 Å². The fourth-order valence-corrected chi connectivity index (χ4v) is 3.41. The van der Waals surface area contributed by atoms with Crippen LogP contribution in [0.4, 0.5) is 0 Å². The van der Waals surface area contributed by atoms with Gasteiger partial charge in [-0.05, 0) is 43.4 Å². The molecule has 1 heterocycles. The summed E-state index contributed by atoms with van der Waals surface area (Å²) >= 11 is 0. The second-order valence-corrected chi connectivity index (χ2v) is 6.52. The van der Waals surface area contributed by atoms with E-state index < -0.39 is 0 Å². The zero-order valence-corrected chi connectivity index (χ0v) is 14.0. The van der Waals surface area contributed by atoms with Gasteiger partial charge in [0.25, 0.3) is 5.91 Å². The normalized spacial score (nSPS) is 22.3. The van der Waals surface area contributed by atoms with Crippen LogP contribution in [-0.4, -0.2) is 44.1 Å². The smallest absolute Gasteiger partial charge is 0.255 e. The molecule has 122 valence electrons. The van der Waals surface area contributed by atoms with E-state index in [4.69, 9.17) is 4.74 Å². The zero-order chi connectivity index (χ0) is 15.9. The van der Waals surface area contributed by atoms with Crippen molar-refractivity contribution in [1.82, 2.24) is 10.2 Å². The van der Waals surface area contributed by atoms with Crippen LogP contribution in [0.2, 0.25) is 0 Å². The number of rotatable bonds is 6. The molecule has 0 aliphatic carbocycles. The molecule has 1 saturated heterocycles. The summed E-state index contributed by atoms with van der Waals surface area (Å²) in [6.07, 6.45) is 2.32. The van der Waals surface area contributed by atoms with E-state index in [2.05, 4.69) is 24.1 Å². The Bertz CT molecular complexity index is 480. The molecule has 1 aliphatic heterocycles. The highest BCUT2D eigenvalue weighted by atomic mass is 16.5. The molecule has 4 heteroatoms. The van der Waals surface area contributed by atoms with Gasteiger partial charge in [0.2, 0.25) is 0 Å². The highest BCUT2D eigenvalue weighted by molar-refractivity contribution is 5.96. The molecule has 0 unspecified atom stereocenters. The van der Waals surface area contributed by atoms with Crippen LogP contribution in [0, 0.1) is 11.8 Å². The van der Waals surface area contributed by atoms with E-state index in [0.717, 1.165) is 24.8 Å². The number of ether oxygens (including phenoxy) is 1. The highest BCUT2D eigenvalue weighted by Crippen LogP contribution is 2.21. The summed E-state index contributed by atoms with van der Waals surface area (Å²) in [5, 5.41) is 2.99. The Balaban J connectivity index is 1.73. The predicted molar refractivity (Wildman–Crippen MR) is 89.3 cm³/mol. The topological polar surface area (TPSA) is 41.6 Å². The molecule has 1 aromatic carbocycles. The first kappa shape index (κ1) is 16.8. The molecule has 1 N–H and O–H groups in total. The number of carbonyl (C=O) groups is 1. The van der Waals surface area contributed by atoms with Gasteiger partial charge < -0.3 is 15.0 Å². The zero-order valence-electron chi connectivity index (χ0n) is 14.0. The average Bonchev–Trinajstić information content (AvgIpc) is 2.50. The third-order valence-electron chi connectivity index (χ3n) is 4.23. The van der Waals surface area contributed by atoms with Gasteiger partial charge in [0.1, 0.15) is 5.75 Å². The van der Waals surface area contributed by atoms with Crippen molar-refractivity contribution in [3.05, 3.63) is 29.8 Å². The van der Waals surface area contributed by atoms with Crippen LogP contribution in [-0.2, 0) is 0 Å². The Kier molecular flexibility index (Phi) is 6.25. The molecule has 0 radical (unpaired) electrons. The van der Waals surface area contributed by atoms with E-state index in [1.165, 1.54) is 19.5 Å². The standard InChI is InChI=1S/C18H28N2O2/c1-14-11-15(2)13-20(12-14)10-6-9-19-18(21)16-7-4-5-8-17(16)22-3/h4-5,7-8,14-15H,6,9-13H2,1-3H3,(H,19,21)/t14-,15-/m1/s1. The number of piperidine rings is 1. The van der Waals surface area contributed by atoms with Crippen molar-refractivity contribution in [2.24, 2.45) is 11.8 Å². The van der Waals surface area contributed by atoms with Gasteiger partial charge in [-0.15, -0.1) is 0 Å². The molecule has 4 nitrogen and oxygen atoms in total. The minimum Gasteiger partial charge on any atom is -0.496 e. The summed E-state index contributed by atoms with van der Waals surface area (Å²) in [6, 6.07) is 7.33. The molecule has 22 heavy (non-hydrogen) atoms. The molecule has 1 fully saturated rings. The molecule has 0 saturated carbocycles. The lowest BCUT2D eigenvalue weighted by Gasteiger charge is -2.34. The van der Waals surface area contributed by atoms with Gasteiger partial charge in [-0.2, -0.15) is 0 Å². The van der Waals surface area contributed by atoms with Crippen LogP contribution in [0.25, 0.3) is 0 Å². The van der Waals surface area contributed by atoms with Crippen molar-refractivity contribution < 1.29 is 9.53 Å². The summed E-state index contributed by atoms with van der Waals surface area (Å²) in [6.45, 7) is 8.78. The first-order valence-electron chi connectivity index (χ1n) is 8.23. The Morgan fingerprint density at radius 1 is 1.27 bits per heavy atom. The lowest BCUT2D eigenvalue weighted by Crippen LogP contribution is -2.40. The van der Waals surface area contributed by atoms with Gasteiger partial charge in [0, 0.05) is 19.6 Å². The van der Waals surface area contributed by atoms with E-state index >= 15 is 0 Å². The number of amides is 1. The monoisotopic (exact) mass is 304 g/mol. The van der Waals surface area contributed by atoms with E-state index in [-0.39, 0.29) is 5.91 Å². The Morgan fingerprint density at radius 3 is 2.64 bits per heavy atom. The van der Waals surface area contributed by atoms with Crippen molar-refractivity contribution in [2.75, 3.05) is 33.3 Å². The summed E-state index contributed by atoms with van der Waals surface area (Å²) in [4.78, 5) is 14.7. The van der Waals surface area contributed by atoms with Crippen LogP contribution in [0.3, 0.4) is 0 Å². The number of nitrogens with one attached hydrogen (secondary N) is 1. The first-order chi connectivity index (χ1) is 10.6. The van der Waals surface area contributed by atoms with Gasteiger partial charge in [-0.1, -0.05) is 26.0 Å². The Labute approximate surface area is 133 Å². The van der Waals surface area contributed by atoms with Crippen molar-refractivity contribution in [3.63, 3.8) is 0 Å². The molecular formula is C18H28N2O2. The lowest BCUT2D eigenvalue weighted by molar-refractivity contribution is 0.0944. The predicted octanol–water partition coefficient (Wildman–Crippen LogP) is 2.79. The van der Waals surface area contributed by atoms with Gasteiger partial charge in [0.15, 0.2) is 0 Å². The summed E-state index contributed by atoms with van der Waals surface area (Å²) in [7, 11) is 1.59. The van der Waals surface area contributed by atoms with Crippen LogP contribution < -0.4 is 10.1 Å². The average molecular weight is 304 g/mol. The molecule has 2 atom stereocenters. The first-order valence-corrected chi connectivity index (χ1v) is 8.23. The number of hydrogen-bond acceptors (Lipinski definition) is 3. The van der Waals surface area contributed by atoms with Crippen LogP contribution in [0.5, 0.6) is 5.75 Å². The van der Waals surface area contributed by atoms with Gasteiger partial charge >= 0.3 is 0 Å². The third kappa shape index (κ3) is 4.73. The quantitative estimate of drug-likeness (QED) is 0.822. The van der Waals surface area contributed by atoms with E-state index in [0.29, 0.717) is 17.9 Å². The second-order valence-electron chi connectivity index (χ2n) is 6.52. The third-order valence-corrected chi connectivity index (χ3v) is 4.23. The van der Waals surface area contributed by atoms with Crippen molar-refractivity contribution in [1.29, 1.82) is 0 Å². The molecular weight excluding hydrogens is 276 g/mol. The van der Waals surface area contributed by atoms with Gasteiger partial charge in [-0.3, -0.25) is 4.79 Å². The maximum atomic E-state index is 12.2. The number of nitrogens with zero attached hydrogens (tertiary/aromatic N) is 1. The maximum absolute atomic E-state index is 12.2. The molecule has 1 aliphatic rings. The lowest BCUT2D eigenvalue weighted by atomic mass is 9.92. The number of carbonyl (C=O) groups excluding carboxylic acids is 1. The molecule has 1 aromatic rings. The fraction of sp³-hybridized carbons (Fsp3) is 0.611. The van der Waals surface area contributed by atoms with Crippen LogP contribution in [0.1, 0.15) is 37.0 Å². The molecule has 0 spiro atoms.